The molecule has 0 aromatic carbocycles. The molecule has 1 atom stereocenters. The van der Waals surface area contributed by atoms with Crippen LogP contribution in [0.4, 0.5) is 10.3 Å². The molecule has 1 aromatic rings. The highest BCUT2D eigenvalue weighted by Crippen LogP contribution is 2.27. The minimum atomic E-state index is -1.35. The van der Waals surface area contributed by atoms with Crippen LogP contribution < -0.4 is 10.2 Å². The molecular formula is C16H23FN4O2. The largest absolute Gasteiger partial charge is 0.381 e. The van der Waals surface area contributed by atoms with E-state index in [2.05, 4.69) is 15.3 Å². The van der Waals surface area contributed by atoms with Gasteiger partial charge in [-0.2, -0.15) is 0 Å². The van der Waals surface area contributed by atoms with Crippen molar-refractivity contribution in [3.8, 4) is 0 Å². The molecule has 2 saturated heterocycles. The Morgan fingerprint density at radius 1 is 1.43 bits per heavy atom. The number of nitrogens with zero attached hydrogens (tertiary/aromatic N) is 3. The number of aryl methyl sites for hydroxylation is 1. The Hall–Kier alpha value is -1.76. The Morgan fingerprint density at radius 2 is 2.13 bits per heavy atom. The molecule has 2 fully saturated rings. The van der Waals surface area contributed by atoms with Crippen LogP contribution in [0.15, 0.2) is 12.4 Å². The van der Waals surface area contributed by atoms with E-state index >= 15 is 0 Å². The number of hydrogen-bond donors (Lipinski definition) is 1. The lowest BCUT2D eigenvalue weighted by Gasteiger charge is -2.36. The number of nitrogens with one attached hydrogen (secondary N) is 1. The van der Waals surface area contributed by atoms with Crippen LogP contribution in [0.1, 0.15) is 24.8 Å². The summed E-state index contributed by atoms with van der Waals surface area (Å²) in [6.07, 6.45) is 4.99. The molecule has 126 valence electrons. The second-order valence-electron chi connectivity index (χ2n) is 6.48. The van der Waals surface area contributed by atoms with Gasteiger partial charge in [0.05, 0.1) is 19.1 Å². The van der Waals surface area contributed by atoms with Crippen LogP contribution in [0, 0.1) is 12.8 Å². The molecule has 7 heteroatoms. The summed E-state index contributed by atoms with van der Waals surface area (Å²) in [7, 11) is 0. The number of piperidine rings is 1. The molecule has 0 radical (unpaired) electrons. The van der Waals surface area contributed by atoms with Crippen molar-refractivity contribution in [2.75, 3.05) is 37.7 Å². The third kappa shape index (κ3) is 3.96. The monoisotopic (exact) mass is 322 g/mol. The van der Waals surface area contributed by atoms with E-state index in [1.165, 1.54) is 0 Å². The molecule has 2 aliphatic rings. The van der Waals surface area contributed by atoms with Gasteiger partial charge in [0.25, 0.3) is 0 Å². The number of carbonyl (C=O) groups excluding carboxylic acids is 1. The highest BCUT2D eigenvalue weighted by molar-refractivity contribution is 5.79. The van der Waals surface area contributed by atoms with E-state index in [4.69, 9.17) is 4.74 Å². The fraction of sp³-hybridized carbons (Fsp3) is 0.688. The van der Waals surface area contributed by atoms with Crippen molar-refractivity contribution in [3.63, 3.8) is 0 Å². The second kappa shape index (κ2) is 6.78. The van der Waals surface area contributed by atoms with Gasteiger partial charge in [0, 0.05) is 44.9 Å². The van der Waals surface area contributed by atoms with E-state index in [1.807, 2.05) is 11.8 Å². The van der Waals surface area contributed by atoms with Crippen molar-refractivity contribution in [3.05, 3.63) is 18.0 Å². The quantitative estimate of drug-likeness (QED) is 0.903. The molecule has 0 bridgehead atoms. The maximum absolute atomic E-state index is 14.9. The van der Waals surface area contributed by atoms with Crippen LogP contribution in [0.2, 0.25) is 0 Å². The number of ether oxygens (including phenoxy) is 1. The lowest BCUT2D eigenvalue weighted by molar-refractivity contribution is -0.125. The van der Waals surface area contributed by atoms with Crippen molar-refractivity contribution >= 4 is 11.9 Å². The van der Waals surface area contributed by atoms with Gasteiger partial charge in [-0.05, 0) is 18.9 Å². The first-order valence-corrected chi connectivity index (χ1v) is 8.14. The summed E-state index contributed by atoms with van der Waals surface area (Å²) >= 11 is 0. The fourth-order valence-electron chi connectivity index (χ4n) is 2.96. The number of amides is 1. The Kier molecular flexibility index (Phi) is 4.75. The number of rotatable bonds is 4. The third-order valence-electron chi connectivity index (χ3n) is 4.59. The van der Waals surface area contributed by atoms with Gasteiger partial charge < -0.3 is 15.0 Å². The van der Waals surface area contributed by atoms with Crippen LogP contribution in [0.3, 0.4) is 0 Å². The molecule has 1 unspecified atom stereocenters. The molecule has 3 rings (SSSR count). The van der Waals surface area contributed by atoms with Gasteiger partial charge in [0.1, 0.15) is 5.67 Å². The van der Waals surface area contributed by atoms with Gasteiger partial charge in [-0.25, -0.2) is 14.4 Å². The standard InChI is InChI=1S/C16H23FN4O2/c1-12-8-18-15(19-9-12)21-5-3-16(17,4-6-21)11-20-14(22)13-2-7-23-10-13/h8-9,13H,2-7,10-11H2,1H3,(H,20,22). The van der Waals surface area contributed by atoms with Crippen LogP contribution >= 0.6 is 0 Å². The third-order valence-corrected chi connectivity index (χ3v) is 4.59. The maximum Gasteiger partial charge on any atom is 0.225 e. The average molecular weight is 322 g/mol. The van der Waals surface area contributed by atoms with Crippen molar-refractivity contribution in [2.45, 2.75) is 31.9 Å². The first-order valence-electron chi connectivity index (χ1n) is 8.14. The van der Waals surface area contributed by atoms with Gasteiger partial charge in [0.15, 0.2) is 0 Å². The predicted octanol–water partition coefficient (Wildman–Crippen LogP) is 1.25. The lowest BCUT2D eigenvalue weighted by atomic mass is 9.93. The number of aromatic nitrogens is 2. The first-order chi connectivity index (χ1) is 11.1. The molecule has 23 heavy (non-hydrogen) atoms. The molecule has 1 amide bonds. The van der Waals surface area contributed by atoms with Crippen LogP contribution in [0.25, 0.3) is 0 Å². The highest BCUT2D eigenvalue weighted by atomic mass is 19.1. The van der Waals surface area contributed by atoms with Gasteiger partial charge >= 0.3 is 0 Å². The van der Waals surface area contributed by atoms with Gasteiger partial charge in [0.2, 0.25) is 11.9 Å². The number of halogens is 1. The molecule has 3 heterocycles. The summed E-state index contributed by atoms with van der Waals surface area (Å²) in [6, 6.07) is 0. The van der Waals surface area contributed by atoms with Crippen LogP contribution in [-0.2, 0) is 9.53 Å². The second-order valence-corrected chi connectivity index (χ2v) is 6.48. The molecule has 0 aliphatic carbocycles. The molecule has 0 saturated carbocycles. The van der Waals surface area contributed by atoms with Gasteiger partial charge in [-0.3, -0.25) is 4.79 Å². The van der Waals surface area contributed by atoms with Crippen molar-refractivity contribution in [2.24, 2.45) is 5.92 Å². The first kappa shape index (κ1) is 16.1. The lowest BCUT2D eigenvalue weighted by Crippen LogP contribution is -2.49. The Morgan fingerprint density at radius 3 is 2.74 bits per heavy atom. The predicted molar refractivity (Wildman–Crippen MR) is 84.0 cm³/mol. The highest BCUT2D eigenvalue weighted by Gasteiger charge is 2.36. The van der Waals surface area contributed by atoms with E-state index in [0.29, 0.717) is 45.1 Å². The van der Waals surface area contributed by atoms with Crippen LogP contribution in [0.5, 0.6) is 0 Å². The molecule has 0 spiro atoms. The Labute approximate surface area is 135 Å². The number of carbonyl (C=O) groups is 1. The molecule has 2 aliphatic heterocycles. The van der Waals surface area contributed by atoms with Crippen molar-refractivity contribution < 1.29 is 13.9 Å². The fourth-order valence-corrected chi connectivity index (χ4v) is 2.96. The SMILES string of the molecule is Cc1cnc(N2CCC(F)(CNC(=O)C3CCOC3)CC2)nc1. The summed E-state index contributed by atoms with van der Waals surface area (Å²) in [4.78, 5) is 22.5. The number of alkyl halides is 1. The van der Waals surface area contributed by atoms with E-state index in [-0.39, 0.29) is 18.4 Å². The minimum Gasteiger partial charge on any atom is -0.381 e. The zero-order valence-corrected chi connectivity index (χ0v) is 13.4. The zero-order chi connectivity index (χ0) is 16.3. The normalized spacial score (nSPS) is 23.7. The summed E-state index contributed by atoms with van der Waals surface area (Å²) in [5, 5.41) is 2.75. The maximum atomic E-state index is 14.9. The number of hydrogen-bond acceptors (Lipinski definition) is 5. The summed E-state index contributed by atoms with van der Waals surface area (Å²) in [5.74, 6) is 0.424. The molecule has 6 nitrogen and oxygen atoms in total. The molecular weight excluding hydrogens is 299 g/mol. The van der Waals surface area contributed by atoms with Crippen molar-refractivity contribution in [1.29, 1.82) is 0 Å². The van der Waals surface area contributed by atoms with Crippen LogP contribution in [-0.4, -0.2) is 54.4 Å². The number of anilines is 1. The topological polar surface area (TPSA) is 67.4 Å². The van der Waals surface area contributed by atoms with E-state index in [9.17, 15) is 9.18 Å². The smallest absolute Gasteiger partial charge is 0.225 e. The minimum absolute atomic E-state index is 0.0743. The Balaban J connectivity index is 1.48. The summed E-state index contributed by atoms with van der Waals surface area (Å²) < 4.78 is 20.1. The van der Waals surface area contributed by atoms with Gasteiger partial charge in [-0.1, -0.05) is 0 Å². The van der Waals surface area contributed by atoms with Gasteiger partial charge in [-0.15, -0.1) is 0 Å². The van der Waals surface area contributed by atoms with E-state index in [1.54, 1.807) is 12.4 Å². The Bertz CT molecular complexity index is 538. The molecule has 1 N–H and O–H groups in total. The zero-order valence-electron chi connectivity index (χ0n) is 13.4. The summed E-state index contributed by atoms with van der Waals surface area (Å²) in [5.41, 5.74) is -0.347. The average Bonchev–Trinajstić information content (AvgIpc) is 3.09. The summed E-state index contributed by atoms with van der Waals surface area (Å²) in [6.45, 7) is 4.19. The van der Waals surface area contributed by atoms with E-state index < -0.39 is 5.67 Å². The van der Waals surface area contributed by atoms with Crippen molar-refractivity contribution in [1.82, 2.24) is 15.3 Å². The molecule has 1 aromatic heterocycles. The van der Waals surface area contributed by atoms with E-state index in [0.717, 1.165) is 12.0 Å².